The van der Waals surface area contributed by atoms with Crippen LogP contribution in [-0.4, -0.2) is 39.6 Å². The SMILES string of the molecule is Cc1nc(CNC(=O)N2CCC(C)CC2C)sc1C(=O)O. The summed E-state index contributed by atoms with van der Waals surface area (Å²) in [5.74, 6) is -0.315. The molecule has 1 fully saturated rings. The lowest BCUT2D eigenvalue weighted by Gasteiger charge is -2.36. The molecule has 2 amide bonds. The molecule has 0 aliphatic carbocycles. The summed E-state index contributed by atoms with van der Waals surface area (Å²) in [5, 5.41) is 12.5. The minimum Gasteiger partial charge on any atom is -0.477 e. The van der Waals surface area contributed by atoms with Gasteiger partial charge in [0, 0.05) is 12.6 Å². The average Bonchev–Trinajstić information content (AvgIpc) is 2.77. The second-order valence-electron chi connectivity index (χ2n) is 5.66. The zero-order valence-corrected chi connectivity index (χ0v) is 13.4. The van der Waals surface area contributed by atoms with Gasteiger partial charge in [0.05, 0.1) is 12.2 Å². The van der Waals surface area contributed by atoms with E-state index in [1.54, 1.807) is 6.92 Å². The Morgan fingerprint density at radius 3 is 2.76 bits per heavy atom. The maximum atomic E-state index is 12.2. The predicted molar refractivity (Wildman–Crippen MR) is 80.6 cm³/mol. The average molecular weight is 311 g/mol. The maximum absolute atomic E-state index is 12.2. The summed E-state index contributed by atoms with van der Waals surface area (Å²) < 4.78 is 0. The summed E-state index contributed by atoms with van der Waals surface area (Å²) in [7, 11) is 0. The van der Waals surface area contributed by atoms with Crippen LogP contribution in [0.25, 0.3) is 0 Å². The number of carbonyl (C=O) groups excluding carboxylic acids is 1. The Hall–Kier alpha value is -1.63. The summed E-state index contributed by atoms with van der Waals surface area (Å²) in [6, 6.07) is 0.139. The quantitative estimate of drug-likeness (QED) is 0.898. The van der Waals surface area contributed by atoms with Gasteiger partial charge in [0.2, 0.25) is 0 Å². The second kappa shape index (κ2) is 6.43. The van der Waals surface area contributed by atoms with E-state index in [1.165, 1.54) is 0 Å². The van der Waals surface area contributed by atoms with Crippen LogP contribution in [-0.2, 0) is 6.54 Å². The number of carboxylic acid groups (broad SMARTS) is 1. The van der Waals surface area contributed by atoms with Crippen LogP contribution in [0.1, 0.15) is 47.1 Å². The molecule has 6 nitrogen and oxygen atoms in total. The van der Waals surface area contributed by atoms with E-state index in [9.17, 15) is 9.59 Å². The van der Waals surface area contributed by atoms with E-state index in [-0.39, 0.29) is 23.5 Å². The number of nitrogens with one attached hydrogen (secondary N) is 1. The molecule has 2 heterocycles. The van der Waals surface area contributed by atoms with Gasteiger partial charge in [-0.05, 0) is 32.6 Å². The van der Waals surface area contributed by atoms with Gasteiger partial charge in [-0.2, -0.15) is 0 Å². The molecule has 0 radical (unpaired) electrons. The van der Waals surface area contributed by atoms with E-state index in [4.69, 9.17) is 5.11 Å². The Morgan fingerprint density at radius 2 is 2.19 bits per heavy atom. The number of carbonyl (C=O) groups is 2. The molecule has 116 valence electrons. The normalized spacial score (nSPS) is 22.1. The second-order valence-corrected chi connectivity index (χ2v) is 6.74. The number of aromatic carboxylic acids is 1. The summed E-state index contributed by atoms with van der Waals surface area (Å²) in [4.78, 5) is 29.4. The molecular weight excluding hydrogens is 290 g/mol. The highest BCUT2D eigenvalue weighted by Crippen LogP contribution is 2.22. The van der Waals surface area contributed by atoms with E-state index in [2.05, 4.69) is 24.1 Å². The Balaban J connectivity index is 1.92. The van der Waals surface area contributed by atoms with Gasteiger partial charge in [-0.3, -0.25) is 0 Å². The molecule has 1 aliphatic rings. The number of rotatable bonds is 3. The molecule has 7 heteroatoms. The number of urea groups is 1. The van der Waals surface area contributed by atoms with Crippen molar-refractivity contribution in [3.8, 4) is 0 Å². The number of carboxylic acids is 1. The van der Waals surface area contributed by atoms with Crippen molar-refractivity contribution in [2.75, 3.05) is 6.54 Å². The molecule has 0 aromatic carbocycles. The van der Waals surface area contributed by atoms with Gasteiger partial charge in [-0.15, -0.1) is 11.3 Å². The molecule has 2 N–H and O–H groups in total. The molecule has 0 spiro atoms. The third kappa shape index (κ3) is 3.72. The zero-order chi connectivity index (χ0) is 15.6. The lowest BCUT2D eigenvalue weighted by molar-refractivity contribution is 0.0701. The van der Waals surface area contributed by atoms with Gasteiger partial charge in [0.25, 0.3) is 0 Å². The fraction of sp³-hybridized carbons (Fsp3) is 0.643. The number of nitrogens with zero attached hydrogens (tertiary/aromatic N) is 2. The lowest BCUT2D eigenvalue weighted by atomic mass is 9.94. The van der Waals surface area contributed by atoms with Crippen molar-refractivity contribution in [3.63, 3.8) is 0 Å². The van der Waals surface area contributed by atoms with E-state index in [1.807, 2.05) is 4.90 Å². The summed E-state index contributed by atoms with van der Waals surface area (Å²) in [6.45, 7) is 6.98. The number of aryl methyl sites for hydroxylation is 1. The van der Waals surface area contributed by atoms with E-state index < -0.39 is 5.97 Å². The Morgan fingerprint density at radius 1 is 1.48 bits per heavy atom. The lowest BCUT2D eigenvalue weighted by Crippen LogP contribution is -2.48. The molecule has 2 rings (SSSR count). The van der Waals surface area contributed by atoms with Crippen molar-refractivity contribution >= 4 is 23.3 Å². The minimum absolute atomic E-state index is 0.0980. The predicted octanol–water partition coefficient (Wildman–Crippen LogP) is 2.48. The molecule has 2 atom stereocenters. The molecule has 1 aliphatic heterocycles. The van der Waals surface area contributed by atoms with Crippen molar-refractivity contribution in [2.24, 2.45) is 5.92 Å². The highest BCUT2D eigenvalue weighted by atomic mass is 32.1. The molecule has 2 unspecified atom stereocenters. The largest absolute Gasteiger partial charge is 0.477 e. The Kier molecular flexibility index (Phi) is 4.82. The van der Waals surface area contributed by atoms with Crippen LogP contribution >= 0.6 is 11.3 Å². The van der Waals surface area contributed by atoms with Gasteiger partial charge < -0.3 is 15.3 Å². The van der Waals surface area contributed by atoms with Crippen molar-refractivity contribution in [1.29, 1.82) is 0 Å². The van der Waals surface area contributed by atoms with E-state index in [0.717, 1.165) is 30.7 Å². The number of hydrogen-bond acceptors (Lipinski definition) is 4. The number of amides is 2. The van der Waals surface area contributed by atoms with E-state index in [0.29, 0.717) is 16.6 Å². The monoisotopic (exact) mass is 311 g/mol. The summed E-state index contributed by atoms with van der Waals surface area (Å²) >= 11 is 1.11. The summed E-state index contributed by atoms with van der Waals surface area (Å²) in [5.41, 5.74) is 0.497. The fourth-order valence-electron chi connectivity index (χ4n) is 2.69. The van der Waals surface area contributed by atoms with Crippen molar-refractivity contribution < 1.29 is 14.7 Å². The number of hydrogen-bond donors (Lipinski definition) is 2. The van der Waals surface area contributed by atoms with Crippen LogP contribution in [0, 0.1) is 12.8 Å². The molecular formula is C14H21N3O3S. The Labute approximate surface area is 128 Å². The highest BCUT2D eigenvalue weighted by molar-refractivity contribution is 7.13. The molecule has 0 bridgehead atoms. The fourth-order valence-corrected chi connectivity index (χ4v) is 3.53. The van der Waals surface area contributed by atoms with Crippen molar-refractivity contribution in [1.82, 2.24) is 15.2 Å². The number of aromatic nitrogens is 1. The topological polar surface area (TPSA) is 82.5 Å². The van der Waals surface area contributed by atoms with E-state index >= 15 is 0 Å². The first-order valence-electron chi connectivity index (χ1n) is 7.12. The molecule has 1 saturated heterocycles. The molecule has 0 saturated carbocycles. The smallest absolute Gasteiger partial charge is 0.347 e. The van der Waals surface area contributed by atoms with Crippen LogP contribution in [0.5, 0.6) is 0 Å². The van der Waals surface area contributed by atoms with Gasteiger partial charge in [-0.1, -0.05) is 6.92 Å². The molecule has 1 aromatic heterocycles. The summed E-state index contributed by atoms with van der Waals surface area (Å²) in [6.07, 6.45) is 2.05. The number of likely N-dealkylation sites (tertiary alicyclic amines) is 1. The number of thiazole rings is 1. The molecule has 21 heavy (non-hydrogen) atoms. The zero-order valence-electron chi connectivity index (χ0n) is 12.5. The van der Waals surface area contributed by atoms with Crippen molar-refractivity contribution in [3.05, 3.63) is 15.6 Å². The number of piperidine rings is 1. The van der Waals surface area contributed by atoms with Gasteiger partial charge >= 0.3 is 12.0 Å². The van der Waals surface area contributed by atoms with Gasteiger partial charge in [-0.25, -0.2) is 14.6 Å². The van der Waals surface area contributed by atoms with Gasteiger partial charge in [0.15, 0.2) is 0 Å². The third-order valence-electron chi connectivity index (χ3n) is 3.83. The minimum atomic E-state index is -0.971. The third-order valence-corrected chi connectivity index (χ3v) is 4.97. The van der Waals surface area contributed by atoms with Crippen LogP contribution < -0.4 is 5.32 Å². The first-order valence-corrected chi connectivity index (χ1v) is 7.94. The Bertz CT molecular complexity index is 544. The molecule has 1 aromatic rings. The highest BCUT2D eigenvalue weighted by Gasteiger charge is 2.26. The van der Waals surface area contributed by atoms with Crippen LogP contribution in [0.4, 0.5) is 4.79 Å². The van der Waals surface area contributed by atoms with Crippen molar-refractivity contribution in [2.45, 2.75) is 46.2 Å². The van der Waals surface area contributed by atoms with Crippen LogP contribution in [0.3, 0.4) is 0 Å². The first-order chi connectivity index (χ1) is 9.88. The standard InChI is InChI=1S/C14H21N3O3S/c1-8-4-5-17(9(2)6-8)14(20)15-7-11-16-10(3)12(21-11)13(18)19/h8-9H,4-7H2,1-3H3,(H,15,20)(H,18,19). The maximum Gasteiger partial charge on any atom is 0.347 e. The van der Waals surface area contributed by atoms with Gasteiger partial charge in [0.1, 0.15) is 9.88 Å². The first kappa shape index (κ1) is 15.8. The van der Waals surface area contributed by atoms with Crippen LogP contribution in [0.2, 0.25) is 0 Å². The van der Waals surface area contributed by atoms with Crippen LogP contribution in [0.15, 0.2) is 0 Å².